The summed E-state index contributed by atoms with van der Waals surface area (Å²) in [7, 11) is 1.65. The Hall–Kier alpha value is -2.94. The number of ether oxygens (including phenoxy) is 2. The van der Waals surface area contributed by atoms with Gasteiger partial charge in [-0.15, -0.1) is 0 Å². The van der Waals surface area contributed by atoms with Crippen molar-refractivity contribution in [2.75, 3.05) is 12.8 Å². The number of methoxy groups -OCH3 is 1. The smallest absolute Gasteiger partial charge is 0.120 e. The van der Waals surface area contributed by atoms with Gasteiger partial charge in [0.15, 0.2) is 0 Å². The topological polar surface area (TPSA) is 44.5 Å². The number of benzene rings is 3. The molecule has 3 aromatic rings. The third kappa shape index (κ3) is 3.64. The largest absolute Gasteiger partial charge is 0.497 e. The van der Waals surface area contributed by atoms with Crippen LogP contribution in [-0.2, 0) is 6.61 Å². The second kappa shape index (κ2) is 6.88. The zero-order valence-electron chi connectivity index (χ0n) is 13.0. The van der Waals surface area contributed by atoms with Crippen molar-refractivity contribution in [3.05, 3.63) is 78.4 Å². The van der Waals surface area contributed by atoms with Crippen LogP contribution in [0.3, 0.4) is 0 Å². The molecule has 0 saturated heterocycles. The average molecular weight is 305 g/mol. The van der Waals surface area contributed by atoms with Crippen LogP contribution in [-0.4, -0.2) is 7.11 Å². The summed E-state index contributed by atoms with van der Waals surface area (Å²) in [5.74, 6) is 1.62. The highest BCUT2D eigenvalue weighted by Gasteiger charge is 2.06. The molecule has 3 nitrogen and oxygen atoms in total. The summed E-state index contributed by atoms with van der Waals surface area (Å²) >= 11 is 0. The molecule has 0 fully saturated rings. The Labute approximate surface area is 136 Å². The summed E-state index contributed by atoms with van der Waals surface area (Å²) in [5.41, 5.74) is 9.96. The highest BCUT2D eigenvalue weighted by Crippen LogP contribution is 2.31. The molecule has 0 aliphatic carbocycles. The SMILES string of the molecule is COc1ccc(-c2cc(OCc3ccccc3)ccc2N)cc1. The first-order chi connectivity index (χ1) is 11.3. The minimum atomic E-state index is 0.535. The molecular weight excluding hydrogens is 286 g/mol. The molecule has 0 atom stereocenters. The molecule has 0 amide bonds. The minimum Gasteiger partial charge on any atom is -0.497 e. The first-order valence-electron chi connectivity index (χ1n) is 7.47. The van der Waals surface area contributed by atoms with Gasteiger partial charge < -0.3 is 15.2 Å². The fourth-order valence-corrected chi connectivity index (χ4v) is 2.39. The first kappa shape index (κ1) is 15.0. The van der Waals surface area contributed by atoms with Gasteiger partial charge in [-0.1, -0.05) is 42.5 Å². The summed E-state index contributed by atoms with van der Waals surface area (Å²) in [5, 5.41) is 0. The van der Waals surface area contributed by atoms with Crippen LogP contribution < -0.4 is 15.2 Å². The van der Waals surface area contributed by atoms with Gasteiger partial charge in [0, 0.05) is 11.3 Å². The van der Waals surface area contributed by atoms with E-state index in [-0.39, 0.29) is 0 Å². The second-order valence-corrected chi connectivity index (χ2v) is 5.25. The number of hydrogen-bond donors (Lipinski definition) is 1. The molecule has 3 rings (SSSR count). The molecular formula is C20H19NO2. The summed E-state index contributed by atoms with van der Waals surface area (Å²) in [6, 6.07) is 23.7. The summed E-state index contributed by atoms with van der Waals surface area (Å²) in [6.45, 7) is 0.535. The number of rotatable bonds is 5. The van der Waals surface area contributed by atoms with Crippen molar-refractivity contribution in [1.29, 1.82) is 0 Å². The molecule has 0 heterocycles. The Bertz CT molecular complexity index is 767. The van der Waals surface area contributed by atoms with Crippen molar-refractivity contribution < 1.29 is 9.47 Å². The van der Waals surface area contributed by atoms with Gasteiger partial charge in [0.2, 0.25) is 0 Å². The first-order valence-corrected chi connectivity index (χ1v) is 7.47. The van der Waals surface area contributed by atoms with Crippen LogP contribution in [0.4, 0.5) is 5.69 Å². The highest BCUT2D eigenvalue weighted by atomic mass is 16.5. The van der Waals surface area contributed by atoms with E-state index in [4.69, 9.17) is 15.2 Å². The van der Waals surface area contributed by atoms with Gasteiger partial charge in [-0.25, -0.2) is 0 Å². The van der Waals surface area contributed by atoms with Crippen LogP contribution in [0.25, 0.3) is 11.1 Å². The highest BCUT2D eigenvalue weighted by molar-refractivity contribution is 5.77. The van der Waals surface area contributed by atoms with E-state index >= 15 is 0 Å². The molecule has 23 heavy (non-hydrogen) atoms. The molecule has 0 unspecified atom stereocenters. The molecule has 0 saturated carbocycles. The van der Waals surface area contributed by atoms with Gasteiger partial charge in [-0.2, -0.15) is 0 Å². The normalized spacial score (nSPS) is 10.3. The number of anilines is 1. The van der Waals surface area contributed by atoms with E-state index in [0.717, 1.165) is 33.9 Å². The van der Waals surface area contributed by atoms with Crippen molar-refractivity contribution in [2.24, 2.45) is 0 Å². The molecule has 0 aliphatic rings. The maximum atomic E-state index is 6.11. The van der Waals surface area contributed by atoms with Gasteiger partial charge in [-0.05, 0) is 41.5 Å². The third-order valence-electron chi connectivity index (χ3n) is 3.67. The Balaban J connectivity index is 1.81. The van der Waals surface area contributed by atoms with Crippen LogP contribution in [0.15, 0.2) is 72.8 Å². The van der Waals surface area contributed by atoms with Crippen molar-refractivity contribution in [3.8, 4) is 22.6 Å². The van der Waals surface area contributed by atoms with Crippen LogP contribution >= 0.6 is 0 Å². The van der Waals surface area contributed by atoms with Gasteiger partial charge >= 0.3 is 0 Å². The van der Waals surface area contributed by atoms with Gasteiger partial charge in [0.05, 0.1) is 7.11 Å². The van der Waals surface area contributed by atoms with E-state index in [1.807, 2.05) is 72.8 Å². The molecule has 3 heteroatoms. The zero-order valence-corrected chi connectivity index (χ0v) is 13.0. The molecule has 2 N–H and O–H groups in total. The lowest BCUT2D eigenvalue weighted by molar-refractivity contribution is 0.306. The van der Waals surface area contributed by atoms with Crippen LogP contribution in [0.1, 0.15) is 5.56 Å². The van der Waals surface area contributed by atoms with E-state index in [1.54, 1.807) is 7.11 Å². The lowest BCUT2D eigenvalue weighted by atomic mass is 10.0. The third-order valence-corrected chi connectivity index (χ3v) is 3.67. The van der Waals surface area contributed by atoms with Crippen molar-refractivity contribution in [3.63, 3.8) is 0 Å². The van der Waals surface area contributed by atoms with Crippen LogP contribution in [0, 0.1) is 0 Å². The average Bonchev–Trinajstić information content (AvgIpc) is 2.62. The second-order valence-electron chi connectivity index (χ2n) is 5.25. The molecule has 0 spiro atoms. The predicted molar refractivity (Wildman–Crippen MR) is 93.6 cm³/mol. The maximum absolute atomic E-state index is 6.11. The molecule has 0 aliphatic heterocycles. The number of nitrogens with two attached hydrogens (primary N) is 1. The number of nitrogen functional groups attached to an aromatic ring is 1. The lowest BCUT2D eigenvalue weighted by Gasteiger charge is -2.11. The van der Waals surface area contributed by atoms with Gasteiger partial charge in [0.1, 0.15) is 18.1 Å². The van der Waals surface area contributed by atoms with Crippen LogP contribution in [0.5, 0.6) is 11.5 Å². The fourth-order valence-electron chi connectivity index (χ4n) is 2.39. The summed E-state index contributed by atoms with van der Waals surface area (Å²) in [4.78, 5) is 0. The standard InChI is InChI=1S/C20H19NO2/c1-22-17-9-7-16(8-10-17)19-13-18(11-12-20(19)21)23-14-15-5-3-2-4-6-15/h2-13H,14,21H2,1H3. The maximum Gasteiger partial charge on any atom is 0.120 e. The molecule has 0 bridgehead atoms. The van der Waals surface area contributed by atoms with E-state index in [2.05, 4.69) is 0 Å². The Morgan fingerprint density at radius 2 is 1.52 bits per heavy atom. The Morgan fingerprint density at radius 3 is 2.22 bits per heavy atom. The molecule has 3 aromatic carbocycles. The van der Waals surface area contributed by atoms with E-state index in [0.29, 0.717) is 6.61 Å². The van der Waals surface area contributed by atoms with Gasteiger partial charge in [0.25, 0.3) is 0 Å². The van der Waals surface area contributed by atoms with E-state index in [9.17, 15) is 0 Å². The zero-order chi connectivity index (χ0) is 16.1. The van der Waals surface area contributed by atoms with Gasteiger partial charge in [-0.3, -0.25) is 0 Å². The van der Waals surface area contributed by atoms with E-state index < -0.39 is 0 Å². The molecule has 116 valence electrons. The Morgan fingerprint density at radius 1 is 0.826 bits per heavy atom. The Kier molecular flexibility index (Phi) is 4.48. The van der Waals surface area contributed by atoms with Crippen molar-refractivity contribution >= 4 is 5.69 Å². The molecule has 0 aromatic heterocycles. The fraction of sp³-hybridized carbons (Fsp3) is 0.100. The van der Waals surface area contributed by atoms with Crippen molar-refractivity contribution in [1.82, 2.24) is 0 Å². The quantitative estimate of drug-likeness (QED) is 0.705. The minimum absolute atomic E-state index is 0.535. The summed E-state index contributed by atoms with van der Waals surface area (Å²) in [6.07, 6.45) is 0. The monoisotopic (exact) mass is 305 g/mol. The van der Waals surface area contributed by atoms with Crippen molar-refractivity contribution in [2.45, 2.75) is 6.61 Å². The summed E-state index contributed by atoms with van der Waals surface area (Å²) < 4.78 is 11.1. The lowest BCUT2D eigenvalue weighted by Crippen LogP contribution is -1.97. The van der Waals surface area contributed by atoms with Crippen LogP contribution in [0.2, 0.25) is 0 Å². The number of hydrogen-bond acceptors (Lipinski definition) is 3. The predicted octanol–water partition coefficient (Wildman–Crippen LogP) is 4.52. The molecule has 0 radical (unpaired) electrons. The van der Waals surface area contributed by atoms with E-state index in [1.165, 1.54) is 0 Å².